The van der Waals surface area contributed by atoms with Crippen molar-refractivity contribution in [2.75, 3.05) is 0 Å². The number of fused-ring (bicyclic) bond motifs is 6. The number of furan rings is 1. The van der Waals surface area contributed by atoms with Gasteiger partial charge in [0, 0.05) is 27.5 Å². The van der Waals surface area contributed by atoms with Crippen molar-refractivity contribution >= 4 is 21.9 Å². The maximum absolute atomic E-state index is 6.33. The van der Waals surface area contributed by atoms with Gasteiger partial charge in [0.2, 0.25) is 0 Å². The van der Waals surface area contributed by atoms with Crippen LogP contribution in [0.5, 0.6) is 0 Å². The van der Waals surface area contributed by atoms with Gasteiger partial charge in [-0.25, -0.2) is 15.0 Å². The van der Waals surface area contributed by atoms with Crippen molar-refractivity contribution < 1.29 is 4.42 Å². The summed E-state index contributed by atoms with van der Waals surface area (Å²) < 4.78 is 6.33. The van der Waals surface area contributed by atoms with Crippen molar-refractivity contribution in [2.24, 2.45) is 0 Å². The Bertz CT molecular complexity index is 3020. The minimum Gasteiger partial charge on any atom is -0.456 e. The third-order valence-electron chi connectivity index (χ3n) is 11.2. The van der Waals surface area contributed by atoms with E-state index >= 15 is 0 Å². The third kappa shape index (κ3) is 4.96. The van der Waals surface area contributed by atoms with Crippen LogP contribution in [0, 0.1) is 0 Å². The fraction of sp³-hybridized carbons (Fsp3) is 0.0192. The smallest absolute Gasteiger partial charge is 0.164 e. The summed E-state index contributed by atoms with van der Waals surface area (Å²) in [5.41, 5.74) is 13.3. The summed E-state index contributed by atoms with van der Waals surface area (Å²) in [6, 6.07) is 70.4. The summed E-state index contributed by atoms with van der Waals surface area (Å²) in [7, 11) is 0. The van der Waals surface area contributed by atoms with Crippen molar-refractivity contribution in [3.63, 3.8) is 0 Å². The quantitative estimate of drug-likeness (QED) is 0.172. The minimum atomic E-state index is -0.539. The highest BCUT2D eigenvalue weighted by Gasteiger charge is 2.47. The van der Waals surface area contributed by atoms with E-state index in [-0.39, 0.29) is 0 Å². The number of hydrogen-bond donors (Lipinski definition) is 0. The molecular formula is C52H33N3O. The molecule has 8 aromatic carbocycles. The fourth-order valence-electron chi connectivity index (χ4n) is 8.74. The van der Waals surface area contributed by atoms with Crippen LogP contribution in [0.15, 0.2) is 205 Å². The lowest BCUT2D eigenvalue weighted by Crippen LogP contribution is -2.28. The molecule has 56 heavy (non-hydrogen) atoms. The minimum absolute atomic E-state index is 0.539. The lowest BCUT2D eigenvalue weighted by molar-refractivity contribution is 0.669. The molecule has 4 nitrogen and oxygen atoms in total. The maximum Gasteiger partial charge on any atom is 0.164 e. The Balaban J connectivity index is 1.15. The summed E-state index contributed by atoms with van der Waals surface area (Å²) in [4.78, 5) is 15.8. The van der Waals surface area contributed by atoms with Crippen LogP contribution in [-0.4, -0.2) is 15.0 Å². The zero-order chi connectivity index (χ0) is 37.1. The molecule has 0 spiro atoms. The van der Waals surface area contributed by atoms with Gasteiger partial charge in [0.25, 0.3) is 0 Å². The number of nitrogens with zero attached hydrogens (tertiary/aromatic N) is 3. The number of aromatic nitrogens is 3. The zero-order valence-corrected chi connectivity index (χ0v) is 30.3. The average molecular weight is 716 g/mol. The molecule has 0 N–H and O–H groups in total. The highest BCUT2D eigenvalue weighted by Crippen LogP contribution is 2.58. The number of benzene rings is 8. The van der Waals surface area contributed by atoms with Gasteiger partial charge in [-0.3, -0.25) is 0 Å². The van der Waals surface area contributed by atoms with Gasteiger partial charge in [-0.15, -0.1) is 0 Å². The second-order valence-corrected chi connectivity index (χ2v) is 14.3. The van der Waals surface area contributed by atoms with Gasteiger partial charge in [-0.2, -0.15) is 0 Å². The standard InChI is InChI=1S/C52H33N3O/c1-4-15-34(16-5-1)35-27-29-36(30-28-35)49-53-50(37-31-32-41-40-21-11-13-26-46(40)56-47(41)33-37)55-51(54-49)43-23-14-25-45-48(43)42-22-10-12-24-44(42)52(45,38-17-6-2-7-18-38)39-19-8-3-9-20-39/h1-33H. The molecule has 0 unspecified atom stereocenters. The molecule has 2 heterocycles. The first-order valence-corrected chi connectivity index (χ1v) is 18.9. The van der Waals surface area contributed by atoms with E-state index in [1.807, 2.05) is 24.3 Å². The van der Waals surface area contributed by atoms with Crippen molar-refractivity contribution in [1.82, 2.24) is 15.0 Å². The van der Waals surface area contributed by atoms with E-state index in [0.29, 0.717) is 17.5 Å². The van der Waals surface area contributed by atoms with Gasteiger partial charge in [-0.1, -0.05) is 182 Å². The second-order valence-electron chi connectivity index (χ2n) is 14.3. The van der Waals surface area contributed by atoms with Crippen LogP contribution in [0.3, 0.4) is 0 Å². The van der Waals surface area contributed by atoms with Crippen LogP contribution < -0.4 is 0 Å². The molecule has 262 valence electrons. The summed E-state index contributed by atoms with van der Waals surface area (Å²) in [5.74, 6) is 1.81. The Morgan fingerprint density at radius 3 is 1.61 bits per heavy atom. The summed E-state index contributed by atoms with van der Waals surface area (Å²) in [6.07, 6.45) is 0. The van der Waals surface area contributed by atoms with Gasteiger partial charge in [-0.05, 0) is 62.7 Å². The molecular weight excluding hydrogens is 683 g/mol. The predicted molar refractivity (Wildman–Crippen MR) is 226 cm³/mol. The van der Waals surface area contributed by atoms with Crippen LogP contribution in [0.4, 0.5) is 0 Å². The van der Waals surface area contributed by atoms with E-state index in [1.54, 1.807) is 0 Å². The molecule has 4 heteroatoms. The molecule has 0 amide bonds. The number of hydrogen-bond acceptors (Lipinski definition) is 4. The van der Waals surface area contributed by atoms with Crippen LogP contribution in [0.2, 0.25) is 0 Å². The molecule has 2 aromatic heterocycles. The van der Waals surface area contributed by atoms with Crippen molar-refractivity contribution in [1.29, 1.82) is 0 Å². The SMILES string of the molecule is c1ccc(-c2ccc(-c3nc(-c4ccc5c(c4)oc4ccccc45)nc(-c4cccc5c4-c4ccccc4C5(c4ccccc4)c4ccccc4)n3)cc2)cc1. The van der Waals surface area contributed by atoms with Gasteiger partial charge in [0.15, 0.2) is 17.5 Å². The highest BCUT2D eigenvalue weighted by atomic mass is 16.3. The third-order valence-corrected chi connectivity index (χ3v) is 11.2. The summed E-state index contributed by atoms with van der Waals surface area (Å²) >= 11 is 0. The maximum atomic E-state index is 6.33. The summed E-state index contributed by atoms with van der Waals surface area (Å²) in [5, 5.41) is 2.15. The van der Waals surface area contributed by atoms with E-state index in [0.717, 1.165) is 55.3 Å². The van der Waals surface area contributed by atoms with Crippen molar-refractivity contribution in [3.8, 4) is 56.4 Å². The molecule has 0 atom stereocenters. The molecule has 1 aliphatic rings. The van der Waals surface area contributed by atoms with Gasteiger partial charge >= 0.3 is 0 Å². The first-order chi connectivity index (χ1) is 27.8. The molecule has 0 fully saturated rings. The van der Waals surface area contributed by atoms with Gasteiger partial charge < -0.3 is 4.42 Å². The molecule has 10 aromatic rings. The van der Waals surface area contributed by atoms with Crippen molar-refractivity contribution in [3.05, 3.63) is 222 Å². The summed E-state index contributed by atoms with van der Waals surface area (Å²) in [6.45, 7) is 0. The lowest BCUT2D eigenvalue weighted by Gasteiger charge is -2.33. The zero-order valence-electron chi connectivity index (χ0n) is 30.3. The largest absolute Gasteiger partial charge is 0.456 e. The first kappa shape index (κ1) is 32.0. The Morgan fingerprint density at radius 1 is 0.339 bits per heavy atom. The molecule has 11 rings (SSSR count). The topological polar surface area (TPSA) is 51.8 Å². The van der Waals surface area contributed by atoms with E-state index < -0.39 is 5.41 Å². The van der Waals surface area contributed by atoms with E-state index in [4.69, 9.17) is 19.4 Å². The molecule has 1 aliphatic carbocycles. The normalized spacial score (nSPS) is 12.8. The van der Waals surface area contributed by atoms with Crippen LogP contribution in [-0.2, 0) is 5.41 Å². The Hall–Kier alpha value is -7.43. The first-order valence-electron chi connectivity index (χ1n) is 18.9. The van der Waals surface area contributed by atoms with Crippen LogP contribution in [0.1, 0.15) is 22.3 Å². The van der Waals surface area contributed by atoms with E-state index in [2.05, 4.69) is 176 Å². The van der Waals surface area contributed by atoms with Gasteiger partial charge in [0.05, 0.1) is 5.41 Å². The van der Waals surface area contributed by atoms with Crippen molar-refractivity contribution in [2.45, 2.75) is 5.41 Å². The Kier molecular flexibility index (Phi) is 7.36. The molecule has 0 bridgehead atoms. The molecule has 0 aliphatic heterocycles. The molecule has 0 saturated carbocycles. The fourth-order valence-corrected chi connectivity index (χ4v) is 8.74. The predicted octanol–water partition coefficient (Wildman–Crippen LogP) is 12.8. The number of rotatable bonds is 6. The number of para-hydroxylation sites is 1. The van der Waals surface area contributed by atoms with E-state index in [9.17, 15) is 0 Å². The monoisotopic (exact) mass is 715 g/mol. The second kappa shape index (κ2) is 12.9. The molecule has 0 saturated heterocycles. The lowest BCUT2D eigenvalue weighted by atomic mass is 9.67. The Labute approximate surface area is 324 Å². The van der Waals surface area contributed by atoms with Crippen LogP contribution >= 0.6 is 0 Å². The Morgan fingerprint density at radius 2 is 0.857 bits per heavy atom. The van der Waals surface area contributed by atoms with E-state index in [1.165, 1.54) is 27.8 Å². The highest BCUT2D eigenvalue weighted by molar-refractivity contribution is 6.05. The molecule has 0 radical (unpaired) electrons. The van der Waals surface area contributed by atoms with Crippen LogP contribution in [0.25, 0.3) is 78.4 Å². The van der Waals surface area contributed by atoms with Gasteiger partial charge in [0.1, 0.15) is 11.2 Å². The average Bonchev–Trinajstić information content (AvgIpc) is 3.81.